The zero-order valence-electron chi connectivity index (χ0n) is 14.8. The van der Waals surface area contributed by atoms with Crippen molar-refractivity contribution in [1.82, 2.24) is 9.21 Å². The van der Waals surface area contributed by atoms with Crippen LogP contribution < -0.4 is 0 Å². The number of likely N-dealkylation sites (tertiary alicyclic amines) is 1. The molecule has 6 heteroatoms. The van der Waals surface area contributed by atoms with E-state index in [9.17, 15) is 13.2 Å². The van der Waals surface area contributed by atoms with Gasteiger partial charge >= 0.3 is 0 Å². The summed E-state index contributed by atoms with van der Waals surface area (Å²) in [5.74, 6) is 0.235. The number of rotatable bonds is 2. The molecular weight excluding hydrogens is 324 g/mol. The molecule has 0 spiro atoms. The minimum atomic E-state index is -3.49. The van der Waals surface area contributed by atoms with Crippen molar-refractivity contribution in [3.8, 4) is 0 Å². The Morgan fingerprint density at radius 3 is 2.33 bits per heavy atom. The monoisotopic (exact) mass is 350 g/mol. The zero-order chi connectivity index (χ0) is 17.7. The fourth-order valence-corrected chi connectivity index (χ4v) is 5.26. The zero-order valence-corrected chi connectivity index (χ0v) is 15.6. The lowest BCUT2D eigenvalue weighted by molar-refractivity contribution is -0.127. The number of nitrogens with zero attached hydrogens (tertiary/aromatic N) is 2. The molecule has 2 atom stereocenters. The van der Waals surface area contributed by atoms with Crippen LogP contribution in [0.5, 0.6) is 0 Å². The van der Waals surface area contributed by atoms with Crippen LogP contribution in [0.1, 0.15) is 39.2 Å². The molecular formula is C18H26N2O3S. The normalized spacial score (nSPS) is 25.8. The van der Waals surface area contributed by atoms with Crippen LogP contribution in [0.2, 0.25) is 0 Å². The smallest absolute Gasteiger partial charge is 0.243 e. The minimum absolute atomic E-state index is 0.00453. The molecule has 0 aliphatic carbocycles. The van der Waals surface area contributed by atoms with Gasteiger partial charge in [-0.15, -0.1) is 0 Å². The highest BCUT2D eigenvalue weighted by Gasteiger charge is 2.43. The first-order valence-corrected chi connectivity index (χ1v) is 9.91. The van der Waals surface area contributed by atoms with Gasteiger partial charge in [-0.2, -0.15) is 4.31 Å². The van der Waals surface area contributed by atoms with Gasteiger partial charge in [0.2, 0.25) is 15.9 Å². The summed E-state index contributed by atoms with van der Waals surface area (Å²) in [6.45, 7) is 7.23. The Morgan fingerprint density at radius 2 is 1.75 bits per heavy atom. The number of carbonyl (C=O) groups excluding carboxylic acids is 1. The van der Waals surface area contributed by atoms with Gasteiger partial charge in [0.1, 0.15) is 0 Å². The van der Waals surface area contributed by atoms with Crippen LogP contribution >= 0.6 is 0 Å². The van der Waals surface area contributed by atoms with Crippen molar-refractivity contribution in [2.24, 2.45) is 5.92 Å². The number of fused-ring (bicyclic) bond motifs is 1. The van der Waals surface area contributed by atoms with Gasteiger partial charge in [-0.05, 0) is 29.5 Å². The quantitative estimate of drug-likeness (QED) is 0.822. The Balaban J connectivity index is 1.80. The van der Waals surface area contributed by atoms with Crippen LogP contribution in [0.4, 0.5) is 0 Å². The topological polar surface area (TPSA) is 57.7 Å². The molecule has 2 saturated heterocycles. The lowest BCUT2D eigenvalue weighted by Gasteiger charge is -2.35. The van der Waals surface area contributed by atoms with Crippen molar-refractivity contribution >= 4 is 15.9 Å². The Morgan fingerprint density at radius 1 is 1.12 bits per heavy atom. The van der Waals surface area contributed by atoms with Crippen LogP contribution in [0.15, 0.2) is 29.2 Å². The molecule has 1 aromatic rings. The van der Waals surface area contributed by atoms with Gasteiger partial charge in [-0.25, -0.2) is 8.42 Å². The molecule has 0 aromatic heterocycles. The third kappa shape index (κ3) is 2.97. The van der Waals surface area contributed by atoms with Crippen molar-refractivity contribution in [3.63, 3.8) is 0 Å². The molecule has 3 rings (SSSR count). The van der Waals surface area contributed by atoms with E-state index < -0.39 is 10.0 Å². The third-order valence-corrected chi connectivity index (χ3v) is 7.22. The molecule has 2 aliphatic heterocycles. The third-order valence-electron chi connectivity index (χ3n) is 5.34. The lowest BCUT2D eigenvalue weighted by Crippen LogP contribution is -2.47. The number of hydrogen-bond donors (Lipinski definition) is 0. The van der Waals surface area contributed by atoms with Gasteiger partial charge in [-0.1, -0.05) is 32.9 Å². The molecule has 0 unspecified atom stereocenters. The van der Waals surface area contributed by atoms with Crippen LogP contribution in [-0.2, 0) is 20.2 Å². The molecule has 0 radical (unpaired) electrons. The summed E-state index contributed by atoms with van der Waals surface area (Å²) in [5, 5.41) is 0. The molecule has 1 amide bonds. The van der Waals surface area contributed by atoms with Gasteiger partial charge < -0.3 is 4.90 Å². The number of hydrogen-bond acceptors (Lipinski definition) is 3. The van der Waals surface area contributed by atoms with Gasteiger partial charge in [0.05, 0.1) is 4.90 Å². The molecule has 24 heavy (non-hydrogen) atoms. The van der Waals surface area contributed by atoms with E-state index in [2.05, 4.69) is 20.8 Å². The molecule has 2 fully saturated rings. The van der Waals surface area contributed by atoms with Gasteiger partial charge in [0, 0.05) is 38.5 Å². The number of carbonyl (C=O) groups is 1. The summed E-state index contributed by atoms with van der Waals surface area (Å²) >= 11 is 0. The summed E-state index contributed by atoms with van der Waals surface area (Å²) in [6.07, 6.45) is 1.17. The second kappa shape index (κ2) is 5.85. The highest BCUT2D eigenvalue weighted by Crippen LogP contribution is 2.33. The lowest BCUT2D eigenvalue weighted by atomic mass is 9.87. The van der Waals surface area contributed by atoms with Gasteiger partial charge in [-0.3, -0.25) is 4.79 Å². The first-order valence-electron chi connectivity index (χ1n) is 8.47. The summed E-state index contributed by atoms with van der Waals surface area (Å²) in [7, 11) is -1.67. The predicted octanol–water partition coefficient (Wildman–Crippen LogP) is 2.23. The SMILES string of the molecule is CN1C(=O)C[C@@H]2CN(S(=O)(=O)c3ccc(C(C)(C)C)cc3)CC[C@@H]21. The Bertz CT molecular complexity index is 735. The van der Waals surface area contributed by atoms with Crippen molar-refractivity contribution < 1.29 is 13.2 Å². The average molecular weight is 350 g/mol. The molecule has 5 nitrogen and oxygen atoms in total. The summed E-state index contributed by atoms with van der Waals surface area (Å²) in [5.41, 5.74) is 1.11. The predicted molar refractivity (Wildman–Crippen MR) is 93.2 cm³/mol. The minimum Gasteiger partial charge on any atom is -0.342 e. The van der Waals surface area contributed by atoms with E-state index in [1.165, 1.54) is 0 Å². The highest BCUT2D eigenvalue weighted by atomic mass is 32.2. The van der Waals surface area contributed by atoms with Crippen LogP contribution in [0.3, 0.4) is 0 Å². The Kier molecular flexibility index (Phi) is 4.24. The van der Waals surface area contributed by atoms with Crippen molar-refractivity contribution in [2.75, 3.05) is 20.1 Å². The van der Waals surface area contributed by atoms with Crippen molar-refractivity contribution in [2.45, 2.75) is 50.0 Å². The number of benzene rings is 1. The van der Waals surface area contributed by atoms with E-state index in [0.29, 0.717) is 30.8 Å². The molecule has 1 aromatic carbocycles. The maximum absolute atomic E-state index is 12.9. The van der Waals surface area contributed by atoms with Crippen molar-refractivity contribution in [1.29, 1.82) is 0 Å². The molecule has 2 aliphatic rings. The summed E-state index contributed by atoms with van der Waals surface area (Å²) < 4.78 is 27.4. The van der Waals surface area contributed by atoms with Gasteiger partial charge in [0.25, 0.3) is 0 Å². The van der Waals surface area contributed by atoms with Gasteiger partial charge in [0.15, 0.2) is 0 Å². The first-order chi connectivity index (χ1) is 11.1. The van der Waals surface area contributed by atoms with E-state index in [0.717, 1.165) is 5.56 Å². The van der Waals surface area contributed by atoms with E-state index in [1.807, 2.05) is 19.2 Å². The number of piperidine rings is 1. The average Bonchev–Trinajstić information content (AvgIpc) is 2.81. The molecule has 2 heterocycles. The van der Waals surface area contributed by atoms with E-state index >= 15 is 0 Å². The van der Waals surface area contributed by atoms with E-state index in [4.69, 9.17) is 0 Å². The Hall–Kier alpha value is -1.40. The first kappa shape index (κ1) is 17.4. The molecule has 0 saturated carbocycles. The van der Waals surface area contributed by atoms with Crippen LogP contribution in [-0.4, -0.2) is 49.7 Å². The fourth-order valence-electron chi connectivity index (χ4n) is 3.74. The molecule has 132 valence electrons. The second-order valence-electron chi connectivity index (χ2n) is 7.96. The molecule has 0 bridgehead atoms. The maximum Gasteiger partial charge on any atom is 0.243 e. The maximum atomic E-state index is 12.9. The van der Waals surface area contributed by atoms with E-state index in [1.54, 1.807) is 21.3 Å². The fraction of sp³-hybridized carbons (Fsp3) is 0.611. The standard InChI is InChI=1S/C18H26N2O3S/c1-18(2,3)14-5-7-15(8-6-14)24(22,23)20-10-9-16-13(12-20)11-17(21)19(16)4/h5-8,13,16H,9-12H2,1-4H3/t13-,16+/m1/s1. The highest BCUT2D eigenvalue weighted by molar-refractivity contribution is 7.89. The summed E-state index contributed by atoms with van der Waals surface area (Å²) in [6, 6.07) is 7.38. The van der Waals surface area contributed by atoms with Crippen LogP contribution in [0, 0.1) is 5.92 Å². The number of amides is 1. The van der Waals surface area contributed by atoms with Crippen molar-refractivity contribution in [3.05, 3.63) is 29.8 Å². The number of sulfonamides is 1. The van der Waals surface area contributed by atoms with Crippen LogP contribution in [0.25, 0.3) is 0 Å². The molecule has 0 N–H and O–H groups in total. The largest absolute Gasteiger partial charge is 0.342 e. The Labute approximate surface area is 144 Å². The van der Waals surface area contributed by atoms with E-state index in [-0.39, 0.29) is 23.3 Å². The second-order valence-corrected chi connectivity index (χ2v) is 9.90. The summed E-state index contributed by atoms with van der Waals surface area (Å²) in [4.78, 5) is 14.0.